The van der Waals surface area contributed by atoms with Crippen molar-refractivity contribution in [2.75, 3.05) is 13.2 Å². The topological polar surface area (TPSA) is 49.7 Å². The number of ether oxygens (including phenoxy) is 1. The lowest BCUT2D eigenvalue weighted by Crippen LogP contribution is -2.35. The van der Waals surface area contributed by atoms with Crippen LogP contribution in [0, 0.1) is 0 Å². The van der Waals surface area contributed by atoms with Crippen molar-refractivity contribution in [1.29, 1.82) is 0 Å². The molecule has 94 valence electrons. The Morgan fingerprint density at radius 2 is 1.07 bits per heavy atom. The third kappa shape index (κ3) is 11.8. The average Bonchev–Trinajstić information content (AvgIpc) is 2.17. The predicted molar refractivity (Wildman–Crippen MR) is 64.0 cm³/mol. The maximum atomic E-state index is 7.62. The molecule has 0 aliphatic carbocycles. The molecule has 0 aliphatic heterocycles. The monoisotopic (exact) mass is 220 g/mol. The third-order valence-electron chi connectivity index (χ3n) is 2.36. The van der Waals surface area contributed by atoms with Gasteiger partial charge in [-0.2, -0.15) is 0 Å². The summed E-state index contributed by atoms with van der Waals surface area (Å²) in [4.78, 5) is 0. The summed E-state index contributed by atoms with van der Waals surface area (Å²) in [5.74, 6) is 0. The van der Waals surface area contributed by atoms with Crippen molar-refractivity contribution >= 4 is 0 Å². The van der Waals surface area contributed by atoms with E-state index < -0.39 is 0 Å². The summed E-state index contributed by atoms with van der Waals surface area (Å²) < 4.78 is 5.92. The third-order valence-corrected chi connectivity index (χ3v) is 2.36. The Kier molecular flexibility index (Phi) is 9.31. The van der Waals surface area contributed by atoms with Gasteiger partial charge in [0.1, 0.15) is 0 Å². The molecular weight excluding hydrogens is 192 g/mol. The van der Waals surface area contributed by atoms with Crippen molar-refractivity contribution in [1.82, 2.24) is 0 Å². The molecule has 15 heavy (non-hydrogen) atoms. The SMILES string of the molecule is CCC(C)(C)OC(C)(C)CC.OCCO. The van der Waals surface area contributed by atoms with Gasteiger partial charge in [-0.25, -0.2) is 0 Å². The van der Waals surface area contributed by atoms with Crippen LogP contribution < -0.4 is 0 Å². The van der Waals surface area contributed by atoms with E-state index in [4.69, 9.17) is 14.9 Å². The van der Waals surface area contributed by atoms with Crippen LogP contribution in [0.15, 0.2) is 0 Å². The van der Waals surface area contributed by atoms with Crippen LogP contribution >= 0.6 is 0 Å². The van der Waals surface area contributed by atoms with Gasteiger partial charge in [0.25, 0.3) is 0 Å². The molecule has 0 amide bonds. The Morgan fingerprint density at radius 3 is 1.20 bits per heavy atom. The molecule has 0 aromatic heterocycles. The fourth-order valence-corrected chi connectivity index (χ4v) is 0.892. The van der Waals surface area contributed by atoms with E-state index in [1.54, 1.807) is 0 Å². The van der Waals surface area contributed by atoms with E-state index in [1.807, 2.05) is 0 Å². The van der Waals surface area contributed by atoms with Gasteiger partial charge in [-0.05, 0) is 40.5 Å². The minimum Gasteiger partial charge on any atom is -0.394 e. The quantitative estimate of drug-likeness (QED) is 0.747. The maximum absolute atomic E-state index is 7.62. The second-order valence-electron chi connectivity index (χ2n) is 4.78. The Bertz CT molecular complexity index is 126. The number of aliphatic hydroxyl groups is 2. The van der Waals surface area contributed by atoms with Crippen molar-refractivity contribution < 1.29 is 14.9 Å². The summed E-state index contributed by atoms with van der Waals surface area (Å²) >= 11 is 0. The van der Waals surface area contributed by atoms with Crippen molar-refractivity contribution in [3.05, 3.63) is 0 Å². The summed E-state index contributed by atoms with van der Waals surface area (Å²) in [6.45, 7) is 12.6. The number of hydrogen-bond acceptors (Lipinski definition) is 3. The zero-order valence-corrected chi connectivity index (χ0v) is 11.1. The average molecular weight is 220 g/mol. The Hall–Kier alpha value is -0.120. The molecule has 0 bridgehead atoms. The van der Waals surface area contributed by atoms with Crippen LogP contribution in [0.4, 0.5) is 0 Å². The molecule has 0 aromatic carbocycles. The lowest BCUT2D eigenvalue weighted by Gasteiger charge is -2.34. The lowest BCUT2D eigenvalue weighted by atomic mass is 10.0. The van der Waals surface area contributed by atoms with Gasteiger partial charge >= 0.3 is 0 Å². The van der Waals surface area contributed by atoms with Crippen LogP contribution in [0.1, 0.15) is 54.4 Å². The molecule has 3 nitrogen and oxygen atoms in total. The van der Waals surface area contributed by atoms with Crippen LogP contribution in [0.25, 0.3) is 0 Å². The van der Waals surface area contributed by atoms with E-state index in [2.05, 4.69) is 41.5 Å². The van der Waals surface area contributed by atoms with Gasteiger partial charge in [0, 0.05) is 0 Å². The first kappa shape index (κ1) is 17.3. The molecular formula is C12H28O3. The summed E-state index contributed by atoms with van der Waals surface area (Å²) in [5, 5.41) is 15.2. The molecule has 0 fully saturated rings. The highest BCUT2D eigenvalue weighted by Gasteiger charge is 2.25. The predicted octanol–water partition coefficient (Wildman–Crippen LogP) is 2.35. The van der Waals surface area contributed by atoms with Gasteiger partial charge in [-0.15, -0.1) is 0 Å². The molecule has 0 heterocycles. The molecule has 0 saturated carbocycles. The summed E-state index contributed by atoms with van der Waals surface area (Å²) in [6, 6.07) is 0. The molecule has 0 atom stereocenters. The van der Waals surface area contributed by atoms with Crippen LogP contribution in [0.2, 0.25) is 0 Å². The molecule has 3 heteroatoms. The highest BCUT2D eigenvalue weighted by molar-refractivity contribution is 4.74. The summed E-state index contributed by atoms with van der Waals surface area (Å²) in [5.41, 5.74) is 0.0546. The van der Waals surface area contributed by atoms with E-state index in [1.165, 1.54) is 0 Å². The molecule has 0 unspecified atom stereocenters. The molecule has 0 radical (unpaired) electrons. The molecule has 0 aromatic rings. The first-order valence-electron chi connectivity index (χ1n) is 5.66. The largest absolute Gasteiger partial charge is 0.394 e. The highest BCUT2D eigenvalue weighted by atomic mass is 16.5. The van der Waals surface area contributed by atoms with Gasteiger partial charge in [0.15, 0.2) is 0 Å². The summed E-state index contributed by atoms with van der Waals surface area (Å²) in [6.07, 6.45) is 2.13. The highest BCUT2D eigenvalue weighted by Crippen LogP contribution is 2.24. The van der Waals surface area contributed by atoms with E-state index >= 15 is 0 Å². The number of hydrogen-bond donors (Lipinski definition) is 2. The van der Waals surface area contributed by atoms with E-state index in [-0.39, 0.29) is 24.4 Å². The van der Waals surface area contributed by atoms with Crippen LogP contribution in [0.3, 0.4) is 0 Å². The Balaban J connectivity index is 0. The second-order valence-corrected chi connectivity index (χ2v) is 4.78. The first-order chi connectivity index (χ1) is 6.74. The van der Waals surface area contributed by atoms with Gasteiger partial charge in [0.05, 0.1) is 24.4 Å². The first-order valence-corrected chi connectivity index (χ1v) is 5.66. The Labute approximate surface area is 94.5 Å². The lowest BCUT2D eigenvalue weighted by molar-refractivity contribution is -0.124. The van der Waals surface area contributed by atoms with Crippen LogP contribution in [-0.2, 0) is 4.74 Å². The van der Waals surface area contributed by atoms with Gasteiger partial charge in [-0.3, -0.25) is 0 Å². The van der Waals surface area contributed by atoms with Crippen molar-refractivity contribution in [3.63, 3.8) is 0 Å². The molecule has 2 N–H and O–H groups in total. The fraction of sp³-hybridized carbons (Fsp3) is 1.00. The van der Waals surface area contributed by atoms with Gasteiger partial charge < -0.3 is 14.9 Å². The molecule has 0 spiro atoms. The summed E-state index contributed by atoms with van der Waals surface area (Å²) in [7, 11) is 0. The van der Waals surface area contributed by atoms with Gasteiger partial charge in [-0.1, -0.05) is 13.8 Å². The molecule has 0 saturated heterocycles. The van der Waals surface area contributed by atoms with Crippen molar-refractivity contribution in [2.45, 2.75) is 65.6 Å². The maximum Gasteiger partial charge on any atom is 0.0662 e. The Morgan fingerprint density at radius 1 is 0.800 bits per heavy atom. The normalized spacial score (nSPS) is 12.0. The zero-order valence-electron chi connectivity index (χ0n) is 11.1. The fourth-order valence-electron chi connectivity index (χ4n) is 0.892. The molecule has 0 aliphatic rings. The minimum atomic E-state index is -0.125. The van der Waals surface area contributed by atoms with Crippen molar-refractivity contribution in [3.8, 4) is 0 Å². The van der Waals surface area contributed by atoms with Crippen LogP contribution in [0.5, 0.6) is 0 Å². The van der Waals surface area contributed by atoms with Crippen molar-refractivity contribution in [2.24, 2.45) is 0 Å². The smallest absolute Gasteiger partial charge is 0.0662 e. The van der Waals surface area contributed by atoms with Crippen LogP contribution in [-0.4, -0.2) is 34.6 Å². The number of rotatable bonds is 5. The van der Waals surface area contributed by atoms with E-state index in [9.17, 15) is 0 Å². The minimum absolute atomic E-state index is 0.0273. The molecule has 0 rings (SSSR count). The van der Waals surface area contributed by atoms with E-state index in [0.29, 0.717) is 0 Å². The second kappa shape index (κ2) is 8.08. The van der Waals surface area contributed by atoms with E-state index in [0.717, 1.165) is 12.8 Å². The van der Waals surface area contributed by atoms with Gasteiger partial charge in [0.2, 0.25) is 0 Å². The standard InChI is InChI=1S/C10H22O.C2H6O2/c1-7-9(3,4)11-10(5,6)8-2;3-1-2-4/h7-8H2,1-6H3;3-4H,1-2H2. The zero-order chi connectivity index (χ0) is 12.5. The number of aliphatic hydroxyl groups excluding tert-OH is 2.